The van der Waals surface area contributed by atoms with Gasteiger partial charge >= 0.3 is 5.97 Å². The summed E-state index contributed by atoms with van der Waals surface area (Å²) in [5, 5.41) is 8.90. The predicted octanol–water partition coefficient (Wildman–Crippen LogP) is 0.523. The minimum absolute atomic E-state index is 0.0246. The van der Waals surface area contributed by atoms with Crippen LogP contribution in [0, 0.1) is 5.92 Å². The Labute approximate surface area is 116 Å². The first-order valence-electron chi connectivity index (χ1n) is 6.07. The van der Waals surface area contributed by atoms with Gasteiger partial charge in [-0.15, -0.1) is 0 Å². The van der Waals surface area contributed by atoms with Gasteiger partial charge in [0.15, 0.2) is 9.84 Å². The van der Waals surface area contributed by atoms with E-state index in [2.05, 4.69) is 0 Å². The molecule has 0 spiro atoms. The van der Waals surface area contributed by atoms with Gasteiger partial charge in [-0.1, -0.05) is 12.1 Å². The molecule has 20 heavy (non-hydrogen) atoms. The third-order valence-corrected chi connectivity index (χ3v) is 4.42. The first kappa shape index (κ1) is 14.5. The average Bonchev–Trinajstić information content (AvgIpc) is 2.71. The molecule has 1 aromatic carbocycles. The molecule has 108 valence electrons. The van der Waals surface area contributed by atoms with Gasteiger partial charge in [0.2, 0.25) is 5.91 Å². The van der Waals surface area contributed by atoms with Crippen LogP contribution in [0.5, 0.6) is 0 Å². The van der Waals surface area contributed by atoms with Crippen LogP contribution in [-0.2, 0) is 26.0 Å². The molecular weight excluding hydrogens is 282 g/mol. The third-order valence-electron chi connectivity index (χ3n) is 3.29. The van der Waals surface area contributed by atoms with Crippen molar-refractivity contribution in [2.45, 2.75) is 17.9 Å². The van der Waals surface area contributed by atoms with Gasteiger partial charge in [0, 0.05) is 25.8 Å². The first-order valence-corrected chi connectivity index (χ1v) is 7.96. The van der Waals surface area contributed by atoms with Gasteiger partial charge in [0.25, 0.3) is 0 Å². The number of aliphatic carboxylic acids is 1. The van der Waals surface area contributed by atoms with E-state index in [1.54, 1.807) is 12.1 Å². The fourth-order valence-electron chi connectivity index (χ4n) is 2.15. The van der Waals surface area contributed by atoms with Crippen molar-refractivity contribution in [2.24, 2.45) is 5.92 Å². The van der Waals surface area contributed by atoms with Crippen molar-refractivity contribution in [1.82, 2.24) is 4.90 Å². The van der Waals surface area contributed by atoms with E-state index >= 15 is 0 Å². The van der Waals surface area contributed by atoms with E-state index in [4.69, 9.17) is 5.11 Å². The molecule has 7 heteroatoms. The topological polar surface area (TPSA) is 91.8 Å². The molecule has 1 aliphatic heterocycles. The van der Waals surface area contributed by atoms with E-state index in [0.29, 0.717) is 6.54 Å². The molecule has 1 saturated heterocycles. The number of nitrogens with zero attached hydrogens (tertiary/aromatic N) is 1. The number of carbonyl (C=O) groups excluding carboxylic acids is 1. The number of hydrogen-bond acceptors (Lipinski definition) is 4. The zero-order valence-electron chi connectivity index (χ0n) is 10.9. The standard InChI is InChI=1S/C13H15NO5S/c1-20(18,19)11-4-2-9(3-5-11)7-14-8-10(13(16)17)6-12(14)15/h2-5,10H,6-8H2,1H3,(H,16,17). The Kier molecular flexibility index (Phi) is 3.80. The van der Waals surface area contributed by atoms with Gasteiger partial charge < -0.3 is 10.0 Å². The molecule has 6 nitrogen and oxygen atoms in total. The van der Waals surface area contributed by atoms with Crippen LogP contribution < -0.4 is 0 Å². The highest BCUT2D eigenvalue weighted by molar-refractivity contribution is 7.90. The Morgan fingerprint density at radius 1 is 1.35 bits per heavy atom. The average molecular weight is 297 g/mol. The minimum Gasteiger partial charge on any atom is -0.481 e. The highest BCUT2D eigenvalue weighted by Crippen LogP contribution is 2.21. The molecule has 1 aromatic rings. The van der Waals surface area contributed by atoms with E-state index < -0.39 is 21.7 Å². The van der Waals surface area contributed by atoms with Crippen molar-refractivity contribution < 1.29 is 23.1 Å². The molecule has 2 rings (SSSR count). The molecule has 1 N–H and O–H groups in total. The number of sulfone groups is 1. The number of carboxylic acid groups (broad SMARTS) is 1. The number of likely N-dealkylation sites (tertiary alicyclic amines) is 1. The van der Waals surface area contributed by atoms with Crippen molar-refractivity contribution in [3.8, 4) is 0 Å². The second kappa shape index (κ2) is 5.24. The largest absolute Gasteiger partial charge is 0.481 e. The summed E-state index contributed by atoms with van der Waals surface area (Å²) in [5.74, 6) is -1.81. The molecule has 0 radical (unpaired) electrons. The van der Waals surface area contributed by atoms with Crippen molar-refractivity contribution in [3.63, 3.8) is 0 Å². The molecule has 1 aliphatic rings. The number of benzene rings is 1. The van der Waals surface area contributed by atoms with Crippen molar-refractivity contribution in [1.29, 1.82) is 0 Å². The predicted molar refractivity (Wildman–Crippen MR) is 70.7 cm³/mol. The second-order valence-corrected chi connectivity index (χ2v) is 6.95. The second-order valence-electron chi connectivity index (χ2n) is 4.93. The molecule has 0 saturated carbocycles. The molecule has 1 fully saturated rings. The summed E-state index contributed by atoms with van der Waals surface area (Å²) in [7, 11) is -3.24. The zero-order valence-corrected chi connectivity index (χ0v) is 11.8. The smallest absolute Gasteiger partial charge is 0.308 e. The highest BCUT2D eigenvalue weighted by atomic mass is 32.2. The first-order chi connectivity index (χ1) is 9.27. The van der Waals surface area contributed by atoms with Crippen molar-refractivity contribution >= 4 is 21.7 Å². The monoisotopic (exact) mass is 297 g/mol. The Hall–Kier alpha value is -1.89. The third kappa shape index (κ3) is 3.16. The summed E-state index contributed by atoms with van der Waals surface area (Å²) in [6.07, 6.45) is 1.15. The lowest BCUT2D eigenvalue weighted by Gasteiger charge is -2.16. The Balaban J connectivity index is 2.08. The maximum Gasteiger partial charge on any atom is 0.308 e. The van der Waals surface area contributed by atoms with E-state index in [1.807, 2.05) is 0 Å². The number of rotatable bonds is 4. The zero-order chi connectivity index (χ0) is 14.9. The quantitative estimate of drug-likeness (QED) is 0.875. The summed E-state index contributed by atoms with van der Waals surface area (Å²) >= 11 is 0. The summed E-state index contributed by atoms with van der Waals surface area (Å²) in [6, 6.07) is 6.25. The minimum atomic E-state index is -3.24. The molecule has 0 aromatic heterocycles. The Morgan fingerprint density at radius 2 is 1.95 bits per heavy atom. The molecule has 0 bridgehead atoms. The van der Waals surface area contributed by atoms with Crippen LogP contribution in [0.3, 0.4) is 0 Å². The van der Waals surface area contributed by atoms with Crippen LogP contribution in [0.25, 0.3) is 0 Å². The molecule has 1 heterocycles. The lowest BCUT2D eigenvalue weighted by molar-refractivity contribution is -0.141. The molecule has 1 atom stereocenters. The summed E-state index contributed by atoms with van der Waals surface area (Å²) in [4.78, 5) is 24.2. The van der Waals surface area contributed by atoms with Gasteiger partial charge in [-0.3, -0.25) is 9.59 Å². The lowest BCUT2D eigenvalue weighted by Crippen LogP contribution is -2.25. The number of hydrogen-bond donors (Lipinski definition) is 1. The summed E-state index contributed by atoms with van der Waals surface area (Å²) < 4.78 is 22.7. The maximum atomic E-state index is 11.7. The molecule has 1 amide bonds. The van der Waals surface area contributed by atoms with Gasteiger partial charge in [-0.05, 0) is 17.7 Å². The molecule has 1 unspecified atom stereocenters. The molecular formula is C13H15NO5S. The van der Waals surface area contributed by atoms with Crippen LogP contribution in [0.15, 0.2) is 29.2 Å². The van der Waals surface area contributed by atoms with E-state index in [9.17, 15) is 18.0 Å². The number of carbonyl (C=O) groups is 2. The number of amides is 1. The van der Waals surface area contributed by atoms with Crippen LogP contribution in [0.4, 0.5) is 0 Å². The Bertz CT molecular complexity index is 635. The van der Waals surface area contributed by atoms with E-state index in [0.717, 1.165) is 11.8 Å². The summed E-state index contributed by atoms with van der Waals surface area (Å²) in [5.41, 5.74) is 0.775. The van der Waals surface area contributed by atoms with Crippen LogP contribution in [-0.4, -0.2) is 43.1 Å². The van der Waals surface area contributed by atoms with Gasteiger partial charge in [-0.2, -0.15) is 0 Å². The van der Waals surface area contributed by atoms with Crippen molar-refractivity contribution in [2.75, 3.05) is 12.8 Å². The SMILES string of the molecule is CS(=O)(=O)c1ccc(CN2CC(C(=O)O)CC2=O)cc1. The lowest BCUT2D eigenvalue weighted by atomic mass is 10.1. The van der Waals surface area contributed by atoms with Gasteiger partial charge in [-0.25, -0.2) is 8.42 Å². The van der Waals surface area contributed by atoms with Crippen LogP contribution >= 0.6 is 0 Å². The van der Waals surface area contributed by atoms with E-state index in [-0.39, 0.29) is 23.8 Å². The van der Waals surface area contributed by atoms with Gasteiger partial charge in [0.1, 0.15) is 0 Å². The van der Waals surface area contributed by atoms with Crippen molar-refractivity contribution in [3.05, 3.63) is 29.8 Å². The number of carboxylic acids is 1. The highest BCUT2D eigenvalue weighted by Gasteiger charge is 2.33. The van der Waals surface area contributed by atoms with Gasteiger partial charge in [0.05, 0.1) is 10.8 Å². The fraction of sp³-hybridized carbons (Fsp3) is 0.385. The normalized spacial score (nSPS) is 19.4. The fourth-order valence-corrected chi connectivity index (χ4v) is 2.78. The van der Waals surface area contributed by atoms with Crippen LogP contribution in [0.2, 0.25) is 0 Å². The Morgan fingerprint density at radius 3 is 2.40 bits per heavy atom. The maximum absolute atomic E-state index is 11.7. The molecule has 0 aliphatic carbocycles. The summed E-state index contributed by atoms with van der Waals surface area (Å²) in [6.45, 7) is 0.495. The van der Waals surface area contributed by atoms with Crippen LogP contribution in [0.1, 0.15) is 12.0 Å². The van der Waals surface area contributed by atoms with E-state index in [1.165, 1.54) is 17.0 Å².